The highest BCUT2D eigenvalue weighted by Gasteiger charge is 2.52. The first-order valence-electron chi connectivity index (χ1n) is 8.23. The van der Waals surface area contributed by atoms with Gasteiger partial charge in [0.1, 0.15) is 6.17 Å². The molecule has 1 unspecified atom stereocenters. The molecule has 3 rings (SSSR count). The van der Waals surface area contributed by atoms with Crippen LogP contribution in [0.1, 0.15) is 64.1 Å². The number of nitrogens with one attached hydrogen (secondary N) is 1. The maximum absolute atomic E-state index is 13.0. The highest BCUT2D eigenvalue weighted by molar-refractivity contribution is 7.07. The van der Waals surface area contributed by atoms with Gasteiger partial charge in [-0.2, -0.15) is 11.3 Å². The molecule has 116 valence electrons. The minimum Gasteiger partial charge on any atom is -0.321 e. The first-order valence-corrected chi connectivity index (χ1v) is 9.17. The predicted molar refractivity (Wildman–Crippen MR) is 87.2 cm³/mol. The van der Waals surface area contributed by atoms with E-state index in [0.29, 0.717) is 11.8 Å². The smallest absolute Gasteiger partial charge is 0.244 e. The van der Waals surface area contributed by atoms with Crippen LogP contribution in [0.15, 0.2) is 16.8 Å². The van der Waals surface area contributed by atoms with Crippen molar-refractivity contribution >= 4 is 17.2 Å². The fourth-order valence-corrected chi connectivity index (χ4v) is 4.40. The lowest BCUT2D eigenvalue weighted by molar-refractivity contribution is -0.133. The summed E-state index contributed by atoms with van der Waals surface area (Å²) in [5.41, 5.74) is 0.992. The minimum absolute atomic E-state index is 0.0917. The average molecular weight is 306 g/mol. The van der Waals surface area contributed by atoms with Gasteiger partial charge in [-0.1, -0.05) is 26.7 Å². The van der Waals surface area contributed by atoms with E-state index in [1.54, 1.807) is 11.3 Å². The highest BCUT2D eigenvalue weighted by atomic mass is 32.1. The molecule has 0 bridgehead atoms. The van der Waals surface area contributed by atoms with E-state index in [4.69, 9.17) is 0 Å². The van der Waals surface area contributed by atoms with Gasteiger partial charge < -0.3 is 4.90 Å². The molecule has 4 heteroatoms. The molecular weight excluding hydrogens is 280 g/mol. The summed E-state index contributed by atoms with van der Waals surface area (Å²) in [6.45, 7) is 5.38. The Morgan fingerprint density at radius 1 is 1.43 bits per heavy atom. The van der Waals surface area contributed by atoms with Crippen molar-refractivity contribution in [2.75, 3.05) is 6.54 Å². The van der Waals surface area contributed by atoms with Gasteiger partial charge >= 0.3 is 0 Å². The summed E-state index contributed by atoms with van der Waals surface area (Å²) in [7, 11) is 0. The maximum atomic E-state index is 13.0. The molecule has 1 N–H and O–H groups in total. The Morgan fingerprint density at radius 3 is 2.81 bits per heavy atom. The van der Waals surface area contributed by atoms with Gasteiger partial charge in [-0.25, -0.2) is 0 Å². The monoisotopic (exact) mass is 306 g/mol. The molecule has 1 saturated heterocycles. The quantitative estimate of drug-likeness (QED) is 0.894. The molecule has 1 spiro atoms. The van der Waals surface area contributed by atoms with Crippen molar-refractivity contribution in [3.05, 3.63) is 22.4 Å². The Hall–Kier alpha value is -0.870. The van der Waals surface area contributed by atoms with E-state index >= 15 is 0 Å². The van der Waals surface area contributed by atoms with Crippen molar-refractivity contribution in [2.45, 2.75) is 64.1 Å². The number of hydrogen-bond donors (Lipinski definition) is 1. The molecule has 0 aromatic carbocycles. The van der Waals surface area contributed by atoms with E-state index in [2.05, 4.69) is 40.9 Å². The van der Waals surface area contributed by atoms with E-state index in [1.165, 1.54) is 24.8 Å². The number of thiophene rings is 1. The maximum Gasteiger partial charge on any atom is 0.244 e. The molecule has 1 aliphatic heterocycles. The van der Waals surface area contributed by atoms with Crippen LogP contribution in [0, 0.1) is 5.92 Å². The second-order valence-corrected chi connectivity index (χ2v) is 7.71. The molecule has 2 heterocycles. The number of amides is 1. The molecule has 0 radical (unpaired) electrons. The fourth-order valence-electron chi connectivity index (χ4n) is 3.72. The number of carbonyl (C=O) groups excluding carboxylic acids is 1. The van der Waals surface area contributed by atoms with Gasteiger partial charge in [0.15, 0.2) is 0 Å². The Balaban J connectivity index is 1.77. The molecule has 1 aromatic rings. The normalized spacial score (nSPS) is 24.6. The topological polar surface area (TPSA) is 32.3 Å². The zero-order valence-corrected chi connectivity index (χ0v) is 13.9. The standard InChI is InChI=1S/C17H26N2OS/c1-13(2)6-5-10-19-15(14-7-11-21-12-14)18-17(16(19)20)8-3-4-9-17/h7,11-13,15,18H,3-6,8-10H2,1-2H3. The zero-order valence-electron chi connectivity index (χ0n) is 13.1. The Kier molecular flexibility index (Phi) is 4.36. The van der Waals surface area contributed by atoms with Gasteiger partial charge in [0.25, 0.3) is 0 Å². The SMILES string of the molecule is CC(C)CCCN1C(=O)C2(CCCC2)NC1c1ccsc1. The molecule has 2 aliphatic rings. The van der Waals surface area contributed by atoms with Gasteiger partial charge in [0.2, 0.25) is 5.91 Å². The largest absolute Gasteiger partial charge is 0.321 e. The summed E-state index contributed by atoms with van der Waals surface area (Å²) in [5.74, 6) is 1.05. The van der Waals surface area contributed by atoms with Crippen LogP contribution < -0.4 is 5.32 Å². The van der Waals surface area contributed by atoms with E-state index in [-0.39, 0.29) is 11.7 Å². The van der Waals surface area contributed by atoms with Crippen molar-refractivity contribution in [2.24, 2.45) is 5.92 Å². The molecule has 1 aromatic heterocycles. The molecule has 1 aliphatic carbocycles. The fraction of sp³-hybridized carbons (Fsp3) is 0.706. The lowest BCUT2D eigenvalue weighted by Crippen LogP contribution is -2.44. The van der Waals surface area contributed by atoms with Gasteiger partial charge in [-0.05, 0) is 54.0 Å². The van der Waals surface area contributed by atoms with E-state index in [1.807, 2.05) is 0 Å². The van der Waals surface area contributed by atoms with Crippen LogP contribution in [0.5, 0.6) is 0 Å². The Labute approximate surface area is 131 Å². The lowest BCUT2D eigenvalue weighted by Gasteiger charge is -2.24. The summed E-state index contributed by atoms with van der Waals surface area (Å²) in [6, 6.07) is 2.15. The molecule has 3 nitrogen and oxygen atoms in total. The van der Waals surface area contributed by atoms with Crippen molar-refractivity contribution in [1.29, 1.82) is 0 Å². The Morgan fingerprint density at radius 2 is 2.19 bits per heavy atom. The van der Waals surface area contributed by atoms with Crippen LogP contribution in [0.4, 0.5) is 0 Å². The predicted octanol–water partition coefficient (Wildman–Crippen LogP) is 3.93. The molecule has 2 fully saturated rings. The molecule has 1 saturated carbocycles. The first kappa shape index (κ1) is 15.0. The molecule has 1 atom stereocenters. The first-order chi connectivity index (χ1) is 10.1. The number of hydrogen-bond acceptors (Lipinski definition) is 3. The van der Waals surface area contributed by atoms with Crippen molar-refractivity contribution in [3.63, 3.8) is 0 Å². The van der Waals surface area contributed by atoms with Gasteiger partial charge in [0.05, 0.1) is 5.54 Å². The summed E-state index contributed by atoms with van der Waals surface area (Å²) >= 11 is 1.71. The third-order valence-electron chi connectivity index (χ3n) is 4.89. The lowest BCUT2D eigenvalue weighted by atomic mass is 9.98. The van der Waals surface area contributed by atoms with Gasteiger partial charge in [-0.3, -0.25) is 10.1 Å². The summed E-state index contributed by atoms with van der Waals surface area (Å²) in [5, 5.41) is 7.97. The van der Waals surface area contributed by atoms with Crippen LogP contribution in [0.3, 0.4) is 0 Å². The highest BCUT2D eigenvalue weighted by Crippen LogP contribution is 2.41. The van der Waals surface area contributed by atoms with Gasteiger partial charge in [-0.15, -0.1) is 0 Å². The van der Waals surface area contributed by atoms with Crippen molar-refractivity contribution in [3.8, 4) is 0 Å². The summed E-state index contributed by atoms with van der Waals surface area (Å²) in [6.07, 6.45) is 6.74. The minimum atomic E-state index is -0.259. The zero-order chi connectivity index (χ0) is 14.9. The van der Waals surface area contributed by atoms with Crippen LogP contribution in [-0.2, 0) is 4.79 Å². The molecule has 21 heavy (non-hydrogen) atoms. The van der Waals surface area contributed by atoms with Crippen LogP contribution in [0.25, 0.3) is 0 Å². The average Bonchev–Trinajstić information content (AvgIpc) is 3.15. The van der Waals surface area contributed by atoms with E-state index in [9.17, 15) is 4.79 Å². The van der Waals surface area contributed by atoms with Crippen LogP contribution in [-0.4, -0.2) is 22.9 Å². The summed E-state index contributed by atoms with van der Waals surface area (Å²) < 4.78 is 0. The molecule has 1 amide bonds. The van der Waals surface area contributed by atoms with Crippen LogP contribution >= 0.6 is 11.3 Å². The van der Waals surface area contributed by atoms with E-state index in [0.717, 1.165) is 25.8 Å². The third-order valence-corrected chi connectivity index (χ3v) is 5.59. The van der Waals surface area contributed by atoms with Crippen LogP contribution in [0.2, 0.25) is 0 Å². The number of carbonyl (C=O) groups is 1. The Bertz CT molecular complexity index is 477. The summed E-state index contributed by atoms with van der Waals surface area (Å²) in [4.78, 5) is 15.1. The second kappa shape index (κ2) is 6.09. The van der Waals surface area contributed by atoms with E-state index < -0.39 is 0 Å². The van der Waals surface area contributed by atoms with Crippen molar-refractivity contribution in [1.82, 2.24) is 10.2 Å². The second-order valence-electron chi connectivity index (χ2n) is 6.93. The van der Waals surface area contributed by atoms with Gasteiger partial charge in [0, 0.05) is 6.54 Å². The molecular formula is C17H26N2OS. The van der Waals surface area contributed by atoms with Crippen molar-refractivity contribution < 1.29 is 4.79 Å². The third kappa shape index (κ3) is 2.88. The number of nitrogens with zero attached hydrogens (tertiary/aromatic N) is 1. The number of rotatable bonds is 5.